The molecule has 0 spiro atoms. The van der Waals surface area contributed by atoms with Gasteiger partial charge in [-0.15, -0.1) is 11.3 Å². The Balaban J connectivity index is 1.38. The molecule has 0 unspecified atom stereocenters. The van der Waals surface area contributed by atoms with E-state index in [0.717, 1.165) is 42.8 Å². The van der Waals surface area contributed by atoms with Crippen molar-refractivity contribution in [3.8, 4) is 0 Å². The zero-order valence-corrected chi connectivity index (χ0v) is 14.4. The standard InChI is InChI=1S/C18H23N3O2S/c22-17(20-13-18(23)9-4-10-18)19-11-15-12-24-16(21-15)8-7-14-5-2-1-3-6-14/h1-3,5-6,12,23H,4,7-11,13H2,(H2,19,20,22). The Labute approximate surface area is 146 Å². The maximum absolute atomic E-state index is 11.8. The molecule has 3 N–H and O–H groups in total. The molecular weight excluding hydrogens is 322 g/mol. The molecule has 0 atom stereocenters. The summed E-state index contributed by atoms with van der Waals surface area (Å²) in [6, 6.07) is 10.1. The lowest BCUT2D eigenvalue weighted by Gasteiger charge is -2.36. The van der Waals surface area contributed by atoms with E-state index in [1.54, 1.807) is 11.3 Å². The number of nitrogens with one attached hydrogen (secondary N) is 2. The van der Waals surface area contributed by atoms with Crippen LogP contribution in [-0.2, 0) is 19.4 Å². The van der Waals surface area contributed by atoms with Gasteiger partial charge in [0.1, 0.15) is 0 Å². The summed E-state index contributed by atoms with van der Waals surface area (Å²) in [6.45, 7) is 0.727. The SMILES string of the molecule is O=C(NCc1csc(CCc2ccccc2)n1)NCC1(O)CCC1. The first kappa shape index (κ1) is 16.9. The Kier molecular flexibility index (Phi) is 5.48. The first-order valence-corrected chi connectivity index (χ1v) is 9.22. The number of hydrogen-bond acceptors (Lipinski definition) is 4. The van der Waals surface area contributed by atoms with Crippen LogP contribution in [0, 0.1) is 0 Å². The first-order chi connectivity index (χ1) is 11.6. The average molecular weight is 345 g/mol. The lowest BCUT2D eigenvalue weighted by atomic mass is 9.80. The van der Waals surface area contributed by atoms with Crippen LogP contribution < -0.4 is 10.6 Å². The molecular formula is C18H23N3O2S. The number of aliphatic hydroxyl groups is 1. The molecule has 3 rings (SSSR count). The fourth-order valence-electron chi connectivity index (χ4n) is 2.68. The van der Waals surface area contributed by atoms with Crippen molar-refractivity contribution in [1.82, 2.24) is 15.6 Å². The van der Waals surface area contributed by atoms with E-state index >= 15 is 0 Å². The number of thiazole rings is 1. The average Bonchev–Trinajstić information content (AvgIpc) is 3.03. The molecule has 1 aromatic carbocycles. The molecule has 2 aromatic rings. The van der Waals surface area contributed by atoms with Gasteiger partial charge in [0.05, 0.1) is 22.8 Å². The molecule has 128 valence electrons. The lowest BCUT2D eigenvalue weighted by molar-refractivity contribution is -0.0290. The molecule has 1 fully saturated rings. The van der Waals surface area contributed by atoms with E-state index in [-0.39, 0.29) is 6.03 Å². The Morgan fingerprint density at radius 2 is 2.00 bits per heavy atom. The molecule has 0 radical (unpaired) electrons. The molecule has 1 heterocycles. The second kappa shape index (κ2) is 7.77. The summed E-state index contributed by atoms with van der Waals surface area (Å²) in [5.41, 5.74) is 1.49. The van der Waals surface area contributed by atoms with E-state index in [9.17, 15) is 9.90 Å². The van der Waals surface area contributed by atoms with Crippen molar-refractivity contribution in [1.29, 1.82) is 0 Å². The van der Waals surface area contributed by atoms with E-state index in [1.165, 1.54) is 5.56 Å². The fourth-order valence-corrected chi connectivity index (χ4v) is 3.48. The van der Waals surface area contributed by atoms with Gasteiger partial charge in [0.15, 0.2) is 0 Å². The summed E-state index contributed by atoms with van der Waals surface area (Å²) in [4.78, 5) is 16.3. The normalized spacial score (nSPS) is 15.5. The summed E-state index contributed by atoms with van der Waals surface area (Å²) in [5.74, 6) is 0. The van der Waals surface area contributed by atoms with Gasteiger partial charge in [-0.25, -0.2) is 9.78 Å². The minimum atomic E-state index is -0.692. The minimum absolute atomic E-state index is 0.255. The number of hydrogen-bond donors (Lipinski definition) is 3. The van der Waals surface area contributed by atoms with Gasteiger partial charge in [-0.05, 0) is 31.2 Å². The highest BCUT2D eigenvalue weighted by molar-refractivity contribution is 7.09. The largest absolute Gasteiger partial charge is 0.388 e. The topological polar surface area (TPSA) is 74.2 Å². The monoisotopic (exact) mass is 345 g/mol. The second-order valence-corrected chi connectivity index (χ2v) is 7.27. The van der Waals surface area contributed by atoms with Gasteiger partial charge in [-0.2, -0.15) is 0 Å². The molecule has 2 amide bonds. The minimum Gasteiger partial charge on any atom is -0.388 e. The number of benzene rings is 1. The Morgan fingerprint density at radius 1 is 1.21 bits per heavy atom. The van der Waals surface area contributed by atoms with Crippen LogP contribution in [0.1, 0.15) is 35.5 Å². The summed E-state index contributed by atoms with van der Waals surface area (Å²) in [5, 5.41) is 18.5. The van der Waals surface area contributed by atoms with E-state index in [4.69, 9.17) is 0 Å². The van der Waals surface area contributed by atoms with Gasteiger partial charge < -0.3 is 15.7 Å². The van der Waals surface area contributed by atoms with Gasteiger partial charge in [0.2, 0.25) is 0 Å². The highest BCUT2D eigenvalue weighted by atomic mass is 32.1. The van der Waals surface area contributed by atoms with Gasteiger partial charge in [-0.3, -0.25) is 0 Å². The first-order valence-electron chi connectivity index (χ1n) is 8.34. The molecule has 1 aliphatic rings. The molecule has 1 aliphatic carbocycles. The van der Waals surface area contributed by atoms with Gasteiger partial charge in [0, 0.05) is 18.3 Å². The van der Waals surface area contributed by atoms with Gasteiger partial charge in [0.25, 0.3) is 0 Å². The van der Waals surface area contributed by atoms with Crippen molar-refractivity contribution in [3.63, 3.8) is 0 Å². The van der Waals surface area contributed by atoms with Crippen molar-refractivity contribution in [3.05, 3.63) is 52.0 Å². The fraction of sp³-hybridized carbons (Fsp3) is 0.444. The highest BCUT2D eigenvalue weighted by Crippen LogP contribution is 2.30. The Morgan fingerprint density at radius 3 is 2.71 bits per heavy atom. The highest BCUT2D eigenvalue weighted by Gasteiger charge is 2.34. The maximum atomic E-state index is 11.8. The molecule has 1 saturated carbocycles. The van der Waals surface area contributed by atoms with Gasteiger partial charge in [-0.1, -0.05) is 30.3 Å². The van der Waals surface area contributed by atoms with E-state index < -0.39 is 5.60 Å². The molecule has 24 heavy (non-hydrogen) atoms. The third kappa shape index (κ3) is 4.79. The smallest absolute Gasteiger partial charge is 0.315 e. The van der Waals surface area contributed by atoms with Crippen molar-refractivity contribution < 1.29 is 9.90 Å². The van der Waals surface area contributed by atoms with E-state index in [2.05, 4.69) is 27.8 Å². The molecule has 0 bridgehead atoms. The number of urea groups is 1. The Hall–Kier alpha value is -1.92. The zero-order valence-electron chi connectivity index (χ0n) is 13.6. The van der Waals surface area contributed by atoms with Crippen LogP contribution in [0.4, 0.5) is 4.79 Å². The van der Waals surface area contributed by atoms with E-state index in [0.29, 0.717) is 13.1 Å². The van der Waals surface area contributed by atoms with Crippen LogP contribution in [0.5, 0.6) is 0 Å². The number of rotatable bonds is 7. The number of nitrogens with zero attached hydrogens (tertiary/aromatic N) is 1. The number of carbonyl (C=O) groups excluding carboxylic acids is 1. The van der Waals surface area contributed by atoms with Crippen LogP contribution in [0.3, 0.4) is 0 Å². The van der Waals surface area contributed by atoms with Crippen LogP contribution in [0.25, 0.3) is 0 Å². The third-order valence-electron chi connectivity index (χ3n) is 4.36. The number of carbonyl (C=O) groups is 1. The van der Waals surface area contributed by atoms with Crippen LogP contribution in [0.15, 0.2) is 35.7 Å². The number of aryl methyl sites for hydroxylation is 2. The third-order valence-corrected chi connectivity index (χ3v) is 5.32. The molecule has 0 aliphatic heterocycles. The summed E-state index contributed by atoms with van der Waals surface area (Å²) >= 11 is 1.63. The van der Waals surface area contributed by atoms with Gasteiger partial charge >= 0.3 is 6.03 Å². The predicted molar refractivity (Wildman–Crippen MR) is 95.0 cm³/mol. The van der Waals surface area contributed by atoms with Crippen molar-refractivity contribution in [2.75, 3.05) is 6.54 Å². The van der Waals surface area contributed by atoms with Crippen molar-refractivity contribution in [2.24, 2.45) is 0 Å². The van der Waals surface area contributed by atoms with Crippen LogP contribution in [0.2, 0.25) is 0 Å². The van der Waals surface area contributed by atoms with Crippen molar-refractivity contribution >= 4 is 17.4 Å². The van der Waals surface area contributed by atoms with Crippen LogP contribution in [-0.4, -0.2) is 28.3 Å². The van der Waals surface area contributed by atoms with E-state index in [1.807, 2.05) is 23.6 Å². The summed E-state index contributed by atoms with van der Waals surface area (Å²) < 4.78 is 0. The molecule has 6 heteroatoms. The molecule has 0 saturated heterocycles. The summed E-state index contributed by atoms with van der Waals surface area (Å²) in [6.07, 6.45) is 4.45. The number of aromatic nitrogens is 1. The second-order valence-electron chi connectivity index (χ2n) is 6.33. The Bertz CT molecular complexity index is 668. The maximum Gasteiger partial charge on any atom is 0.315 e. The van der Waals surface area contributed by atoms with Crippen LogP contribution >= 0.6 is 11.3 Å². The zero-order chi connectivity index (χ0) is 16.8. The number of amides is 2. The molecule has 1 aromatic heterocycles. The molecule has 5 nitrogen and oxygen atoms in total. The van der Waals surface area contributed by atoms with Crippen molar-refractivity contribution in [2.45, 2.75) is 44.2 Å². The predicted octanol–water partition coefficient (Wildman–Crippen LogP) is 2.64. The lowest BCUT2D eigenvalue weighted by Crippen LogP contribution is -2.49. The quantitative estimate of drug-likeness (QED) is 0.722. The summed E-state index contributed by atoms with van der Waals surface area (Å²) in [7, 11) is 0.